The molecule has 0 bridgehead atoms. The highest BCUT2D eigenvalue weighted by Crippen LogP contribution is 2.26. The van der Waals surface area contributed by atoms with Crippen molar-refractivity contribution in [2.45, 2.75) is 39.7 Å². The van der Waals surface area contributed by atoms with E-state index in [4.69, 9.17) is 11.6 Å². The van der Waals surface area contributed by atoms with Crippen LogP contribution in [0.4, 0.5) is 0 Å². The van der Waals surface area contributed by atoms with Crippen LogP contribution in [0.3, 0.4) is 0 Å². The number of benzene rings is 1. The summed E-state index contributed by atoms with van der Waals surface area (Å²) in [4.78, 5) is 0. The molecule has 0 aliphatic carbocycles. The minimum Gasteiger partial charge on any atom is -0.310 e. The number of aryl methyl sites for hydroxylation is 1. The second-order valence-electron chi connectivity index (χ2n) is 4.61. The van der Waals surface area contributed by atoms with Crippen LogP contribution in [0.2, 0.25) is 5.02 Å². The molecule has 1 rings (SSSR count). The summed E-state index contributed by atoms with van der Waals surface area (Å²) in [7, 11) is 0. The summed E-state index contributed by atoms with van der Waals surface area (Å²) in [6.07, 6.45) is 2.12. The van der Waals surface area contributed by atoms with Crippen LogP contribution in [0, 0.1) is 6.92 Å². The minimum absolute atomic E-state index is 0.371. The molecule has 0 amide bonds. The first-order chi connectivity index (χ1) is 8.04. The van der Waals surface area contributed by atoms with Crippen LogP contribution < -0.4 is 5.32 Å². The second-order valence-corrected chi connectivity index (χ2v) is 5.04. The van der Waals surface area contributed by atoms with E-state index in [2.05, 4.69) is 44.8 Å². The maximum absolute atomic E-state index is 6.08. The van der Waals surface area contributed by atoms with Crippen molar-refractivity contribution in [1.82, 2.24) is 5.32 Å². The van der Waals surface area contributed by atoms with Crippen LogP contribution in [0.5, 0.6) is 0 Å². The van der Waals surface area contributed by atoms with Gasteiger partial charge in [0.25, 0.3) is 0 Å². The summed E-state index contributed by atoms with van der Waals surface area (Å²) in [6.45, 7) is 11.3. The normalized spacial score (nSPS) is 12.5. The Morgan fingerprint density at radius 3 is 2.76 bits per heavy atom. The number of halogens is 1. The van der Waals surface area contributed by atoms with Crippen LogP contribution in [-0.2, 0) is 0 Å². The first kappa shape index (κ1) is 14.3. The van der Waals surface area contributed by atoms with Crippen LogP contribution >= 0.6 is 11.6 Å². The van der Waals surface area contributed by atoms with Gasteiger partial charge in [-0.25, -0.2) is 0 Å². The molecule has 0 aromatic heterocycles. The molecule has 1 aromatic rings. The third-order valence-electron chi connectivity index (χ3n) is 2.93. The average molecular weight is 252 g/mol. The van der Waals surface area contributed by atoms with Crippen molar-refractivity contribution in [2.75, 3.05) is 6.54 Å². The highest BCUT2D eigenvalue weighted by Gasteiger charge is 2.12. The molecule has 0 heterocycles. The van der Waals surface area contributed by atoms with Crippen LogP contribution in [-0.4, -0.2) is 6.54 Å². The number of hydrogen-bond donors (Lipinski definition) is 1. The highest BCUT2D eigenvalue weighted by molar-refractivity contribution is 6.30. The Morgan fingerprint density at radius 2 is 2.18 bits per heavy atom. The standard InChI is InChI=1S/C15H22ClN/c1-5-17-15(9-6-11(2)3)14-10-13(16)8-7-12(14)4/h7-8,10,15,17H,2,5-6,9H2,1,3-4H3. The zero-order valence-electron chi connectivity index (χ0n) is 11.0. The van der Waals surface area contributed by atoms with Gasteiger partial charge in [0, 0.05) is 11.1 Å². The summed E-state index contributed by atoms with van der Waals surface area (Å²) in [5.41, 5.74) is 3.83. The van der Waals surface area contributed by atoms with Crippen molar-refractivity contribution < 1.29 is 0 Å². The first-order valence-electron chi connectivity index (χ1n) is 6.18. The molecule has 0 radical (unpaired) electrons. The Hall–Kier alpha value is -0.790. The molecular formula is C15H22ClN. The number of allylic oxidation sites excluding steroid dienone is 1. The van der Waals surface area contributed by atoms with Gasteiger partial charge in [-0.2, -0.15) is 0 Å². The van der Waals surface area contributed by atoms with Gasteiger partial charge in [0.2, 0.25) is 0 Å². The van der Waals surface area contributed by atoms with Gasteiger partial charge in [-0.1, -0.05) is 30.2 Å². The Kier molecular flexibility index (Phi) is 5.73. The summed E-state index contributed by atoms with van der Waals surface area (Å²) in [5.74, 6) is 0. The van der Waals surface area contributed by atoms with Crippen LogP contribution in [0.1, 0.15) is 43.9 Å². The summed E-state index contributed by atoms with van der Waals surface area (Å²) >= 11 is 6.08. The molecule has 0 saturated carbocycles. The lowest BCUT2D eigenvalue weighted by molar-refractivity contribution is 0.512. The molecule has 17 heavy (non-hydrogen) atoms. The largest absolute Gasteiger partial charge is 0.310 e. The molecule has 1 unspecified atom stereocenters. The van der Waals surface area contributed by atoms with E-state index in [0.29, 0.717) is 6.04 Å². The molecule has 1 aromatic carbocycles. The zero-order chi connectivity index (χ0) is 12.8. The Morgan fingerprint density at radius 1 is 1.47 bits per heavy atom. The molecule has 1 N–H and O–H groups in total. The number of nitrogens with one attached hydrogen (secondary N) is 1. The molecular weight excluding hydrogens is 230 g/mol. The lowest BCUT2D eigenvalue weighted by Crippen LogP contribution is -2.21. The van der Waals surface area contributed by atoms with Gasteiger partial charge in [-0.05, 0) is 56.5 Å². The zero-order valence-corrected chi connectivity index (χ0v) is 11.8. The Balaban J connectivity index is 2.87. The third kappa shape index (κ3) is 4.53. The summed E-state index contributed by atoms with van der Waals surface area (Å²) < 4.78 is 0. The maximum Gasteiger partial charge on any atom is 0.0409 e. The fraction of sp³-hybridized carbons (Fsp3) is 0.467. The lowest BCUT2D eigenvalue weighted by atomic mass is 9.96. The molecule has 0 aliphatic heterocycles. The van der Waals surface area contributed by atoms with Gasteiger partial charge in [0.1, 0.15) is 0 Å². The predicted octanol–water partition coefficient (Wildman–Crippen LogP) is 4.66. The molecule has 94 valence electrons. The Labute approximate surface area is 110 Å². The second kappa shape index (κ2) is 6.83. The third-order valence-corrected chi connectivity index (χ3v) is 3.16. The van der Waals surface area contributed by atoms with Crippen molar-refractivity contribution in [3.05, 3.63) is 46.5 Å². The number of hydrogen-bond acceptors (Lipinski definition) is 1. The van der Waals surface area contributed by atoms with E-state index in [1.54, 1.807) is 0 Å². The number of rotatable bonds is 6. The topological polar surface area (TPSA) is 12.0 Å². The monoisotopic (exact) mass is 251 g/mol. The van der Waals surface area contributed by atoms with E-state index < -0.39 is 0 Å². The van der Waals surface area contributed by atoms with E-state index in [9.17, 15) is 0 Å². The van der Waals surface area contributed by atoms with Gasteiger partial charge in [0.05, 0.1) is 0 Å². The minimum atomic E-state index is 0.371. The van der Waals surface area contributed by atoms with Gasteiger partial charge < -0.3 is 5.32 Å². The molecule has 0 spiro atoms. The highest BCUT2D eigenvalue weighted by atomic mass is 35.5. The SMILES string of the molecule is C=C(C)CCC(NCC)c1cc(Cl)ccc1C. The van der Waals surface area contributed by atoms with Gasteiger partial charge >= 0.3 is 0 Å². The fourth-order valence-corrected chi connectivity index (χ4v) is 2.17. The van der Waals surface area contributed by atoms with Gasteiger partial charge in [0.15, 0.2) is 0 Å². The first-order valence-corrected chi connectivity index (χ1v) is 6.56. The van der Waals surface area contributed by atoms with E-state index >= 15 is 0 Å². The summed E-state index contributed by atoms with van der Waals surface area (Å²) in [6, 6.07) is 6.48. The average Bonchev–Trinajstić information content (AvgIpc) is 2.27. The van der Waals surface area contributed by atoms with E-state index in [1.807, 2.05) is 6.07 Å². The smallest absolute Gasteiger partial charge is 0.0409 e. The molecule has 1 nitrogen and oxygen atoms in total. The van der Waals surface area contributed by atoms with E-state index in [0.717, 1.165) is 24.4 Å². The molecule has 1 atom stereocenters. The van der Waals surface area contributed by atoms with Crippen LogP contribution in [0.15, 0.2) is 30.4 Å². The molecule has 0 fully saturated rings. The molecule has 2 heteroatoms. The molecule has 0 aliphatic rings. The van der Waals surface area contributed by atoms with Crippen molar-refractivity contribution >= 4 is 11.6 Å². The van der Waals surface area contributed by atoms with Crippen molar-refractivity contribution in [2.24, 2.45) is 0 Å². The van der Waals surface area contributed by atoms with Crippen molar-refractivity contribution in [1.29, 1.82) is 0 Å². The summed E-state index contributed by atoms with van der Waals surface area (Å²) in [5, 5.41) is 4.33. The fourth-order valence-electron chi connectivity index (χ4n) is 1.99. The van der Waals surface area contributed by atoms with Gasteiger partial charge in [-0.15, -0.1) is 6.58 Å². The van der Waals surface area contributed by atoms with E-state index in [1.165, 1.54) is 16.7 Å². The Bertz CT molecular complexity index is 385. The lowest BCUT2D eigenvalue weighted by Gasteiger charge is -2.20. The van der Waals surface area contributed by atoms with Crippen molar-refractivity contribution in [3.63, 3.8) is 0 Å². The quantitative estimate of drug-likeness (QED) is 0.726. The molecule has 0 saturated heterocycles. The predicted molar refractivity (Wildman–Crippen MR) is 76.7 cm³/mol. The van der Waals surface area contributed by atoms with Crippen LogP contribution in [0.25, 0.3) is 0 Å². The maximum atomic E-state index is 6.08. The van der Waals surface area contributed by atoms with Crippen molar-refractivity contribution in [3.8, 4) is 0 Å². The van der Waals surface area contributed by atoms with Gasteiger partial charge in [-0.3, -0.25) is 0 Å². The van der Waals surface area contributed by atoms with E-state index in [-0.39, 0.29) is 0 Å².